The zero-order chi connectivity index (χ0) is 20.6. The molecule has 0 bridgehead atoms. The van der Waals surface area contributed by atoms with Gasteiger partial charge in [0.25, 0.3) is 0 Å². The predicted octanol–water partition coefficient (Wildman–Crippen LogP) is 1.94. The average Bonchev–Trinajstić information content (AvgIpc) is 3.49. The van der Waals surface area contributed by atoms with E-state index in [1.807, 2.05) is 21.0 Å². The third-order valence-electron chi connectivity index (χ3n) is 6.87. The largest absolute Gasteiger partial charge is 0.383 e. The number of amides is 3. The minimum absolute atomic E-state index is 0.0610. The molecule has 1 aromatic heterocycles. The van der Waals surface area contributed by atoms with Gasteiger partial charge in [-0.25, -0.2) is 9.78 Å². The number of aromatic nitrogens is 2. The van der Waals surface area contributed by atoms with E-state index >= 15 is 0 Å². The summed E-state index contributed by atoms with van der Waals surface area (Å²) in [6.45, 7) is 8.78. The normalized spacial score (nSPS) is 27.2. The van der Waals surface area contributed by atoms with E-state index < -0.39 is 5.41 Å². The van der Waals surface area contributed by atoms with Crippen molar-refractivity contribution in [3.63, 3.8) is 0 Å². The highest BCUT2D eigenvalue weighted by Gasteiger charge is 2.59. The van der Waals surface area contributed by atoms with Crippen LogP contribution in [0, 0.1) is 5.41 Å². The molecule has 3 aliphatic heterocycles. The number of carbonyl (C=O) groups excluding carboxylic acids is 2. The lowest BCUT2D eigenvalue weighted by atomic mass is 9.75. The van der Waals surface area contributed by atoms with Crippen LogP contribution in [0.3, 0.4) is 0 Å². The van der Waals surface area contributed by atoms with Gasteiger partial charge < -0.3 is 24.0 Å². The van der Waals surface area contributed by atoms with Crippen LogP contribution in [0.2, 0.25) is 0 Å². The molecule has 29 heavy (non-hydrogen) atoms. The molecule has 0 saturated carbocycles. The Labute approximate surface area is 172 Å². The lowest BCUT2D eigenvalue weighted by molar-refractivity contribution is -0.136. The maximum atomic E-state index is 13.5. The van der Waals surface area contributed by atoms with Crippen LogP contribution < -0.4 is 0 Å². The molecule has 1 spiro atoms. The first kappa shape index (κ1) is 20.2. The summed E-state index contributed by atoms with van der Waals surface area (Å²) in [6, 6.07) is 0.393. The number of methoxy groups -OCH3 is 1. The van der Waals surface area contributed by atoms with Crippen molar-refractivity contribution in [1.29, 1.82) is 0 Å². The number of imidazole rings is 1. The van der Waals surface area contributed by atoms with Crippen molar-refractivity contribution in [3.8, 4) is 0 Å². The zero-order valence-electron chi connectivity index (χ0n) is 17.8. The Morgan fingerprint density at radius 3 is 2.69 bits per heavy atom. The first-order valence-corrected chi connectivity index (χ1v) is 10.8. The molecule has 0 radical (unpaired) electrons. The average molecular weight is 404 g/mol. The quantitative estimate of drug-likeness (QED) is 0.753. The van der Waals surface area contributed by atoms with Gasteiger partial charge >= 0.3 is 6.03 Å². The molecule has 0 N–H and O–H groups in total. The highest BCUT2D eigenvalue weighted by Crippen LogP contribution is 2.49. The maximum Gasteiger partial charge on any atom is 0.320 e. The van der Waals surface area contributed by atoms with Crippen molar-refractivity contribution in [1.82, 2.24) is 24.3 Å². The fourth-order valence-electron chi connectivity index (χ4n) is 5.10. The van der Waals surface area contributed by atoms with Crippen molar-refractivity contribution < 1.29 is 14.3 Å². The fourth-order valence-corrected chi connectivity index (χ4v) is 5.10. The second-order valence-electron chi connectivity index (χ2n) is 8.94. The number of hydrogen-bond donors (Lipinski definition) is 0. The van der Waals surface area contributed by atoms with Gasteiger partial charge in [-0.3, -0.25) is 4.79 Å². The molecule has 3 fully saturated rings. The molecule has 4 heterocycles. The summed E-state index contributed by atoms with van der Waals surface area (Å²) >= 11 is 0. The summed E-state index contributed by atoms with van der Waals surface area (Å²) in [7, 11) is 1.66. The molecule has 4 rings (SSSR count). The van der Waals surface area contributed by atoms with Crippen LogP contribution in [0.25, 0.3) is 0 Å². The number of hydrogen-bond acceptors (Lipinski definition) is 4. The van der Waals surface area contributed by atoms with Crippen LogP contribution in [0.15, 0.2) is 12.5 Å². The summed E-state index contributed by atoms with van der Waals surface area (Å²) in [6.07, 6.45) is 6.80. The summed E-state index contributed by atoms with van der Waals surface area (Å²) in [5.74, 6) is 0.0875. The van der Waals surface area contributed by atoms with Crippen molar-refractivity contribution in [3.05, 3.63) is 18.2 Å². The number of nitrogens with zero attached hydrogens (tertiary/aromatic N) is 5. The van der Waals surface area contributed by atoms with Gasteiger partial charge in [0.15, 0.2) is 0 Å². The molecule has 3 amide bonds. The molecule has 8 heteroatoms. The Morgan fingerprint density at radius 2 is 2.03 bits per heavy atom. The molecule has 0 unspecified atom stereocenters. The van der Waals surface area contributed by atoms with Gasteiger partial charge in [-0.1, -0.05) is 0 Å². The summed E-state index contributed by atoms with van der Waals surface area (Å²) in [5, 5.41) is 0. The Morgan fingerprint density at radius 1 is 1.28 bits per heavy atom. The third-order valence-corrected chi connectivity index (χ3v) is 6.87. The van der Waals surface area contributed by atoms with Gasteiger partial charge in [0.05, 0.1) is 24.0 Å². The van der Waals surface area contributed by atoms with Crippen LogP contribution in [-0.2, 0) is 9.53 Å². The van der Waals surface area contributed by atoms with Crippen LogP contribution in [-0.4, -0.2) is 89.2 Å². The predicted molar refractivity (Wildman–Crippen MR) is 109 cm³/mol. The molecule has 2 atom stereocenters. The highest BCUT2D eigenvalue weighted by molar-refractivity contribution is 5.88. The SMILES string of the molecule is COCCN1CC[C@@]2(CN(C(=O)N3CCCC3)C[C@H]2c2cn(C(C)C)cn2)C1=O. The molecule has 0 aromatic carbocycles. The van der Waals surface area contributed by atoms with E-state index in [1.165, 1.54) is 0 Å². The van der Waals surface area contributed by atoms with Gasteiger partial charge in [0.2, 0.25) is 5.91 Å². The van der Waals surface area contributed by atoms with Crippen molar-refractivity contribution >= 4 is 11.9 Å². The van der Waals surface area contributed by atoms with E-state index in [2.05, 4.69) is 29.6 Å². The molecule has 0 aliphatic carbocycles. The van der Waals surface area contributed by atoms with Crippen molar-refractivity contribution in [2.24, 2.45) is 5.41 Å². The van der Waals surface area contributed by atoms with Crippen LogP contribution in [0.4, 0.5) is 4.79 Å². The Bertz CT molecular complexity index is 757. The number of ether oxygens (including phenoxy) is 1. The van der Waals surface area contributed by atoms with Crippen LogP contribution >= 0.6 is 0 Å². The van der Waals surface area contributed by atoms with Gasteiger partial charge in [-0.15, -0.1) is 0 Å². The highest BCUT2D eigenvalue weighted by atomic mass is 16.5. The standard InChI is InChI=1S/C21H33N5O3/c1-16(2)26-13-18(22-15-26)17-12-25(20(28)24-7-4-5-8-24)14-21(17)6-9-23(19(21)27)10-11-29-3/h13,15-17H,4-12,14H2,1-3H3/t17-,21-/m0/s1. The van der Waals surface area contributed by atoms with Crippen molar-refractivity contribution in [2.45, 2.75) is 45.1 Å². The fraction of sp³-hybridized carbons (Fsp3) is 0.762. The molecule has 160 valence electrons. The molecule has 8 nitrogen and oxygen atoms in total. The molecule has 3 aliphatic rings. The first-order valence-electron chi connectivity index (χ1n) is 10.8. The monoisotopic (exact) mass is 403 g/mol. The summed E-state index contributed by atoms with van der Waals surface area (Å²) < 4.78 is 7.27. The van der Waals surface area contributed by atoms with E-state index in [-0.39, 0.29) is 17.9 Å². The number of urea groups is 1. The van der Waals surface area contributed by atoms with Gasteiger partial charge in [0.1, 0.15) is 0 Å². The van der Waals surface area contributed by atoms with Gasteiger partial charge in [-0.05, 0) is 33.1 Å². The van der Waals surface area contributed by atoms with Gasteiger partial charge in [0, 0.05) is 64.5 Å². The van der Waals surface area contributed by atoms with Crippen LogP contribution in [0.1, 0.15) is 50.8 Å². The lowest BCUT2D eigenvalue weighted by Gasteiger charge is -2.28. The molecule has 3 saturated heterocycles. The smallest absolute Gasteiger partial charge is 0.320 e. The van der Waals surface area contributed by atoms with E-state index in [0.29, 0.717) is 32.3 Å². The number of carbonyl (C=O) groups is 2. The van der Waals surface area contributed by atoms with Crippen molar-refractivity contribution in [2.75, 3.05) is 53.0 Å². The number of rotatable bonds is 5. The zero-order valence-corrected chi connectivity index (χ0v) is 17.8. The summed E-state index contributed by atoms with van der Waals surface area (Å²) in [4.78, 5) is 37.1. The number of likely N-dealkylation sites (tertiary alicyclic amines) is 3. The lowest BCUT2D eigenvalue weighted by Crippen LogP contribution is -2.44. The minimum atomic E-state index is -0.570. The van der Waals surface area contributed by atoms with E-state index in [4.69, 9.17) is 4.74 Å². The second-order valence-corrected chi connectivity index (χ2v) is 8.94. The van der Waals surface area contributed by atoms with Gasteiger partial charge in [-0.2, -0.15) is 0 Å². The van der Waals surface area contributed by atoms with E-state index in [1.54, 1.807) is 7.11 Å². The van der Waals surface area contributed by atoms with E-state index in [0.717, 1.165) is 44.6 Å². The molecular weight excluding hydrogens is 370 g/mol. The third kappa shape index (κ3) is 3.52. The minimum Gasteiger partial charge on any atom is -0.383 e. The van der Waals surface area contributed by atoms with E-state index in [9.17, 15) is 9.59 Å². The Balaban J connectivity index is 1.62. The Hall–Kier alpha value is -2.09. The Kier molecular flexibility index (Phi) is 5.55. The molecule has 1 aromatic rings. The maximum absolute atomic E-state index is 13.5. The molecular formula is C21H33N5O3. The van der Waals surface area contributed by atoms with Crippen LogP contribution in [0.5, 0.6) is 0 Å². The first-order chi connectivity index (χ1) is 14.0. The second kappa shape index (κ2) is 7.97. The topological polar surface area (TPSA) is 70.9 Å². The summed E-state index contributed by atoms with van der Waals surface area (Å²) in [5.41, 5.74) is 0.358.